The van der Waals surface area contributed by atoms with Crippen LogP contribution in [0.25, 0.3) is 33.4 Å². The minimum absolute atomic E-state index is 0.00145. The molecule has 6 aromatic rings. The van der Waals surface area contributed by atoms with E-state index in [-0.39, 0.29) is 56.9 Å². The molecule has 0 unspecified atom stereocenters. The number of carbonyl (C=O) groups excluding carboxylic acids is 3. The van der Waals surface area contributed by atoms with E-state index in [9.17, 15) is 53.9 Å². The van der Waals surface area contributed by atoms with Crippen molar-refractivity contribution in [2.24, 2.45) is 0 Å². The van der Waals surface area contributed by atoms with E-state index < -0.39 is 87.1 Å². The van der Waals surface area contributed by atoms with Crippen LogP contribution in [0.4, 0.5) is 98.6 Å². The number of hydrogen-bond donors (Lipinski definition) is 9. The first-order chi connectivity index (χ1) is 56.3. The lowest BCUT2D eigenvalue weighted by molar-refractivity contribution is -0.115. The zero-order chi connectivity index (χ0) is 84.2. The number of ether oxygens (including phenoxy) is 1. The summed E-state index contributed by atoms with van der Waals surface area (Å²) in [5.41, 5.74) is -1.86. The molecule has 5 fully saturated rings. The number of dihydropyridines is 3. The number of nitrogens with one attached hydrogen (secondary N) is 9. The highest BCUT2D eigenvalue weighted by molar-refractivity contribution is 6.11. The van der Waals surface area contributed by atoms with Crippen LogP contribution in [0, 0.1) is 17.5 Å². The second-order valence-corrected chi connectivity index (χ2v) is 29.5. The van der Waals surface area contributed by atoms with E-state index in [1.165, 1.54) is 86.9 Å². The fourth-order valence-corrected chi connectivity index (χ4v) is 14.6. The van der Waals surface area contributed by atoms with Crippen molar-refractivity contribution < 1.29 is 71.8 Å². The topological polar surface area (TPSA) is 249 Å². The molecule has 118 heavy (non-hydrogen) atoms. The summed E-state index contributed by atoms with van der Waals surface area (Å²) in [5, 5.41) is 25.5. The number of amides is 3. The SMILES string of the molecule is C=C1C=C(C(F)(F)F)C(C(=O)Nc2cc(-c3ccc(NC4CCCCC4)nc3)c(F)cc2N2CCNCC2)=CN1.C=C1C=C(C(F)(F)F)C(C(=O)Nc2cc(-c3cnc(NC4CCCCC4)nc3)c(F)cc2N2CCN(C)CC2)=CN1.C=C1C=C(C(F)(F)F)C(C(=O)Nc2cc(-c3cnc(OCC)nc3)c(F)cc2N2CCN(C)CC2)=CN1. The third-order valence-corrected chi connectivity index (χ3v) is 21.0. The Morgan fingerprint density at radius 3 is 1.16 bits per heavy atom. The number of anilines is 8. The van der Waals surface area contributed by atoms with Crippen LogP contribution in [-0.2, 0) is 14.4 Å². The van der Waals surface area contributed by atoms with Crippen LogP contribution >= 0.6 is 0 Å². The molecule has 3 amide bonds. The van der Waals surface area contributed by atoms with Crippen molar-refractivity contribution in [1.29, 1.82) is 0 Å². The molecule has 35 heteroatoms. The average Bonchev–Trinajstić information content (AvgIpc) is 0.787. The number of nitrogens with zero attached hydrogens (tertiary/aromatic N) is 10. The Bertz CT molecular complexity index is 4890. The predicted molar refractivity (Wildman–Crippen MR) is 431 cm³/mol. The number of alkyl halides is 9. The van der Waals surface area contributed by atoms with Crippen LogP contribution < -0.4 is 67.3 Å². The number of piperazine rings is 3. The highest BCUT2D eigenvalue weighted by Crippen LogP contribution is 2.43. The maximum atomic E-state index is 15.6. The second kappa shape index (κ2) is 37.7. The van der Waals surface area contributed by atoms with Crippen LogP contribution in [0.1, 0.15) is 71.1 Å². The molecule has 2 saturated carbocycles. The van der Waals surface area contributed by atoms with Gasteiger partial charge < -0.3 is 77.1 Å². The highest BCUT2D eigenvalue weighted by atomic mass is 19.4. The number of allylic oxidation sites excluding steroid dienone is 3. The molecule has 3 saturated heterocycles. The average molecular weight is 1650 g/mol. The number of likely N-dealkylation sites (N-methyl/N-ethyl adjacent to an activating group) is 2. The molecule has 626 valence electrons. The minimum atomic E-state index is -4.78. The van der Waals surface area contributed by atoms with E-state index in [4.69, 9.17) is 4.74 Å². The summed E-state index contributed by atoms with van der Waals surface area (Å²) in [6.45, 7) is 20.0. The Morgan fingerprint density at radius 1 is 0.458 bits per heavy atom. The zero-order valence-electron chi connectivity index (χ0n) is 65.1. The Labute approximate surface area is 674 Å². The Morgan fingerprint density at radius 2 is 0.805 bits per heavy atom. The minimum Gasteiger partial charge on any atom is -0.464 e. The number of rotatable bonds is 18. The lowest BCUT2D eigenvalue weighted by atomic mass is 9.95. The van der Waals surface area contributed by atoms with Crippen LogP contribution in [0.2, 0.25) is 0 Å². The predicted octanol–water partition coefficient (Wildman–Crippen LogP) is 14.5. The summed E-state index contributed by atoms with van der Waals surface area (Å²) >= 11 is 0. The number of hydrogen-bond acceptors (Lipinski definition) is 20. The molecule has 9 N–H and O–H groups in total. The van der Waals surface area contributed by atoms with Gasteiger partial charge in [0.15, 0.2) is 0 Å². The molecule has 9 heterocycles. The van der Waals surface area contributed by atoms with Gasteiger partial charge in [-0.2, -0.15) is 39.5 Å². The number of halogens is 12. The molecule has 3 aromatic heterocycles. The summed E-state index contributed by atoms with van der Waals surface area (Å²) < 4.78 is 175. The van der Waals surface area contributed by atoms with Crippen molar-refractivity contribution in [3.63, 3.8) is 0 Å². The van der Waals surface area contributed by atoms with E-state index in [1.807, 2.05) is 28.8 Å². The van der Waals surface area contributed by atoms with Crippen LogP contribution in [0.5, 0.6) is 6.01 Å². The van der Waals surface area contributed by atoms with Crippen molar-refractivity contribution in [1.82, 2.24) is 56.0 Å². The summed E-state index contributed by atoms with van der Waals surface area (Å²) in [4.78, 5) is 70.8. The quantitative estimate of drug-likeness (QED) is 0.0363. The van der Waals surface area contributed by atoms with E-state index >= 15 is 13.2 Å². The zero-order valence-corrected chi connectivity index (χ0v) is 65.1. The smallest absolute Gasteiger partial charge is 0.417 e. The molecule has 2 aliphatic carbocycles. The van der Waals surface area contributed by atoms with Gasteiger partial charge in [0.2, 0.25) is 5.95 Å². The van der Waals surface area contributed by atoms with Crippen molar-refractivity contribution in [2.45, 2.75) is 102 Å². The maximum absolute atomic E-state index is 15.6. The first-order valence-electron chi connectivity index (χ1n) is 38.7. The van der Waals surface area contributed by atoms with Crippen molar-refractivity contribution in [3.8, 4) is 39.4 Å². The van der Waals surface area contributed by atoms with Gasteiger partial charge in [-0.05, 0) is 113 Å². The fourth-order valence-electron chi connectivity index (χ4n) is 14.6. The van der Waals surface area contributed by atoms with E-state index in [1.54, 1.807) is 25.3 Å². The number of benzene rings is 3. The monoisotopic (exact) mass is 1650 g/mol. The van der Waals surface area contributed by atoms with Crippen molar-refractivity contribution in [3.05, 3.63) is 204 Å². The first-order valence-corrected chi connectivity index (χ1v) is 38.7. The van der Waals surface area contributed by atoms with Gasteiger partial charge in [0.25, 0.3) is 17.7 Å². The third-order valence-electron chi connectivity index (χ3n) is 21.0. The summed E-state index contributed by atoms with van der Waals surface area (Å²) in [6, 6.07) is 12.5. The van der Waals surface area contributed by atoms with Crippen molar-refractivity contribution >= 4 is 63.6 Å². The van der Waals surface area contributed by atoms with Gasteiger partial charge in [-0.1, -0.05) is 58.3 Å². The van der Waals surface area contributed by atoms with Gasteiger partial charge in [-0.3, -0.25) is 14.4 Å². The number of pyridine rings is 1. The lowest BCUT2D eigenvalue weighted by Gasteiger charge is -2.35. The molecule has 0 bridgehead atoms. The maximum Gasteiger partial charge on any atom is 0.417 e. The molecular formula is C83H91F12N19O4. The summed E-state index contributed by atoms with van der Waals surface area (Å²) in [7, 11) is 3.93. The molecule has 6 aliphatic heterocycles. The lowest BCUT2D eigenvalue weighted by Crippen LogP contribution is -2.44. The molecule has 0 atom stereocenters. The summed E-state index contributed by atoms with van der Waals surface area (Å²) in [5.74, 6) is -3.47. The van der Waals surface area contributed by atoms with Crippen LogP contribution in [-0.4, -0.2) is 182 Å². The standard InChI is InChI=1S/C29H33F4N7O.C29H32F4N6O.C25H26F4N6O2/c1-18-12-23(29(31,32)33)22(17-34-18)27(41)38-25-13-21(24(30)14-26(25)40-10-8-39(2)9-11-40)19-15-35-28(36-16-19)37-20-6-4-3-5-7-20;1-18-13-23(29(31,32)33)22(17-35-18)28(40)38-25-14-21(24(30)15-26(25)39-11-9-34-10-12-39)19-7-8-27(36-16-19)37-20-5-3-2-4-6-20;1-4-37-24-31-12-16(13-32-24)17-10-21(22(11-20(17)26)35-7-5-34(3)6-8-35)33-23(36)18-14-30-15(2)9-19(18)25(27,28)29/h12-17,20,34H,1,3-11H2,2H3,(H,38,41)(H,35,36,37);7-8,13-17,20,34-35H,1-6,9-12H2,(H,36,37)(H,38,40);9-14,30H,2,4-8H2,1,3H3,(H,33,36). The van der Waals surface area contributed by atoms with Crippen molar-refractivity contribution in [2.75, 3.05) is 141 Å². The molecule has 0 radical (unpaired) electrons. The molecule has 8 aliphatic rings. The first kappa shape index (κ1) is 85.6. The van der Waals surface area contributed by atoms with Gasteiger partial charge in [-0.25, -0.2) is 38.1 Å². The Hall–Kier alpha value is -11.7. The highest BCUT2D eigenvalue weighted by Gasteiger charge is 2.43. The molecule has 0 spiro atoms. The fraction of sp³-hybridized carbons (Fsp3) is 0.373. The Kier molecular flexibility index (Phi) is 27.4. The second-order valence-electron chi connectivity index (χ2n) is 29.5. The van der Waals surface area contributed by atoms with Crippen LogP contribution in [0.3, 0.4) is 0 Å². The van der Waals surface area contributed by atoms with Crippen LogP contribution in [0.15, 0.2) is 187 Å². The number of carbonyl (C=O) groups is 3. The van der Waals surface area contributed by atoms with Gasteiger partial charge in [0.1, 0.15) is 23.3 Å². The van der Waals surface area contributed by atoms with Gasteiger partial charge in [0.05, 0.1) is 74.2 Å². The number of aromatic nitrogens is 5. The van der Waals surface area contributed by atoms with Gasteiger partial charge >= 0.3 is 24.5 Å². The normalized spacial score (nSPS) is 18.0. The Balaban J connectivity index is 0.000000163. The van der Waals surface area contributed by atoms with E-state index in [2.05, 4.69) is 102 Å². The third kappa shape index (κ3) is 21.7. The molecule has 14 rings (SSSR count). The molecular weight excluding hydrogens is 1560 g/mol. The van der Waals surface area contributed by atoms with E-state index in [0.29, 0.717) is 143 Å². The summed E-state index contributed by atoms with van der Waals surface area (Å²) in [6.07, 6.45) is 9.64. The largest absolute Gasteiger partial charge is 0.464 e. The van der Waals surface area contributed by atoms with Gasteiger partial charge in [-0.15, -0.1) is 0 Å². The van der Waals surface area contributed by atoms with Gasteiger partial charge in [0, 0.05) is 191 Å². The molecule has 23 nitrogen and oxygen atoms in total. The molecule has 3 aromatic carbocycles. The van der Waals surface area contributed by atoms with E-state index in [0.717, 1.165) is 75.4 Å².